The van der Waals surface area contributed by atoms with E-state index in [-0.39, 0.29) is 10.1 Å². The van der Waals surface area contributed by atoms with Crippen LogP contribution < -0.4 is 14.8 Å². The lowest BCUT2D eigenvalue weighted by atomic mass is 10.1. The second-order valence-electron chi connectivity index (χ2n) is 6.07. The van der Waals surface area contributed by atoms with Crippen molar-refractivity contribution in [1.82, 2.24) is 4.98 Å². The predicted molar refractivity (Wildman–Crippen MR) is 121 cm³/mol. The van der Waals surface area contributed by atoms with Crippen LogP contribution in [0, 0.1) is 0 Å². The minimum atomic E-state index is -0.480. The Balaban J connectivity index is 1.97. The van der Waals surface area contributed by atoms with Crippen molar-refractivity contribution in [3.05, 3.63) is 75.9 Å². The molecule has 30 heavy (non-hydrogen) atoms. The van der Waals surface area contributed by atoms with Gasteiger partial charge >= 0.3 is 0 Å². The molecule has 0 unspecified atom stereocenters. The minimum absolute atomic E-state index is 0.122. The highest BCUT2D eigenvalue weighted by molar-refractivity contribution is 6.61. The topological polar surface area (TPSA) is 60.5 Å². The average molecular weight is 464 g/mol. The number of carbonyl (C=O) groups excluding carboxylic acids is 1. The van der Waals surface area contributed by atoms with Gasteiger partial charge in [-0.15, -0.1) is 0 Å². The molecule has 8 heteroatoms. The van der Waals surface area contributed by atoms with Crippen LogP contribution in [0.3, 0.4) is 0 Å². The highest BCUT2D eigenvalue weighted by atomic mass is 35.5. The first kappa shape index (κ1) is 22.0. The standard InChI is InChI=1S/C22H17Cl3N2O3/c1-29-17-10-7-14(12-18(17)30-2)20-16(4-3-11-26-20)27-22(28)19(21(24)25)13-5-8-15(23)9-6-13/h3-12H,1-2H3,(H,27,28). The monoisotopic (exact) mass is 462 g/mol. The van der Waals surface area contributed by atoms with Gasteiger partial charge < -0.3 is 14.8 Å². The maximum absolute atomic E-state index is 13.0. The molecule has 0 aliphatic carbocycles. The molecular weight excluding hydrogens is 447 g/mol. The molecule has 0 saturated heterocycles. The molecule has 2 aromatic carbocycles. The number of aromatic nitrogens is 1. The smallest absolute Gasteiger partial charge is 0.258 e. The summed E-state index contributed by atoms with van der Waals surface area (Å²) in [6.07, 6.45) is 1.63. The molecule has 0 bridgehead atoms. The van der Waals surface area contributed by atoms with Crippen LogP contribution in [0.15, 0.2) is 65.3 Å². The second kappa shape index (κ2) is 9.85. The van der Waals surface area contributed by atoms with Gasteiger partial charge in [0.15, 0.2) is 11.5 Å². The van der Waals surface area contributed by atoms with Crippen molar-refractivity contribution < 1.29 is 14.3 Å². The zero-order valence-electron chi connectivity index (χ0n) is 16.1. The molecule has 5 nitrogen and oxygen atoms in total. The first-order valence-electron chi connectivity index (χ1n) is 8.74. The van der Waals surface area contributed by atoms with Crippen molar-refractivity contribution in [3.63, 3.8) is 0 Å². The molecule has 3 aromatic rings. The molecule has 3 rings (SSSR count). The van der Waals surface area contributed by atoms with E-state index in [0.29, 0.717) is 33.5 Å². The van der Waals surface area contributed by atoms with Crippen LogP contribution in [0.4, 0.5) is 5.69 Å². The Hall–Kier alpha value is -2.73. The third-order valence-corrected chi connectivity index (χ3v) is 4.89. The molecule has 1 aromatic heterocycles. The maximum Gasteiger partial charge on any atom is 0.258 e. The Kier molecular flexibility index (Phi) is 7.21. The van der Waals surface area contributed by atoms with Gasteiger partial charge in [0.05, 0.1) is 31.2 Å². The van der Waals surface area contributed by atoms with Crippen LogP contribution in [0.25, 0.3) is 16.8 Å². The maximum atomic E-state index is 13.0. The van der Waals surface area contributed by atoms with Gasteiger partial charge in [-0.05, 0) is 48.0 Å². The van der Waals surface area contributed by atoms with E-state index in [9.17, 15) is 4.79 Å². The van der Waals surface area contributed by atoms with Gasteiger partial charge in [0.2, 0.25) is 0 Å². The van der Waals surface area contributed by atoms with Crippen molar-refractivity contribution in [3.8, 4) is 22.8 Å². The highest BCUT2D eigenvalue weighted by Crippen LogP contribution is 2.35. The van der Waals surface area contributed by atoms with Crippen LogP contribution >= 0.6 is 34.8 Å². The van der Waals surface area contributed by atoms with Crippen molar-refractivity contribution in [2.24, 2.45) is 0 Å². The number of ether oxygens (including phenoxy) is 2. The summed E-state index contributed by atoms with van der Waals surface area (Å²) in [5.74, 6) is 0.653. The number of anilines is 1. The molecule has 0 saturated carbocycles. The summed E-state index contributed by atoms with van der Waals surface area (Å²) in [6.45, 7) is 0. The average Bonchev–Trinajstić information content (AvgIpc) is 2.75. The fourth-order valence-corrected chi connectivity index (χ4v) is 3.36. The summed E-state index contributed by atoms with van der Waals surface area (Å²) in [5, 5.41) is 3.37. The molecule has 154 valence electrons. The lowest BCUT2D eigenvalue weighted by Gasteiger charge is -2.14. The quantitative estimate of drug-likeness (QED) is 0.442. The van der Waals surface area contributed by atoms with Crippen molar-refractivity contribution in [2.45, 2.75) is 0 Å². The summed E-state index contributed by atoms with van der Waals surface area (Å²) < 4.78 is 10.5. The third-order valence-electron chi connectivity index (χ3n) is 4.26. The first-order valence-corrected chi connectivity index (χ1v) is 9.88. The van der Waals surface area contributed by atoms with E-state index in [1.165, 1.54) is 0 Å². The highest BCUT2D eigenvalue weighted by Gasteiger charge is 2.19. The predicted octanol–water partition coefficient (Wildman–Crippen LogP) is 6.20. The van der Waals surface area contributed by atoms with Crippen LogP contribution in [0.2, 0.25) is 5.02 Å². The summed E-state index contributed by atoms with van der Waals surface area (Å²) in [4.78, 5) is 17.4. The van der Waals surface area contributed by atoms with Crippen molar-refractivity contribution >= 4 is 52.0 Å². The largest absolute Gasteiger partial charge is 0.493 e. The van der Waals surface area contributed by atoms with E-state index in [1.54, 1.807) is 68.9 Å². The molecule has 1 N–H and O–H groups in total. The Morgan fingerprint density at radius 1 is 0.967 bits per heavy atom. The summed E-state index contributed by atoms with van der Waals surface area (Å²) in [6, 6.07) is 15.5. The number of rotatable bonds is 6. The van der Waals surface area contributed by atoms with Crippen molar-refractivity contribution in [1.29, 1.82) is 0 Å². The van der Waals surface area contributed by atoms with Crippen molar-refractivity contribution in [2.75, 3.05) is 19.5 Å². The van der Waals surface area contributed by atoms with Gasteiger partial charge in [0.25, 0.3) is 5.91 Å². The number of halogens is 3. The number of carbonyl (C=O) groups is 1. The van der Waals surface area contributed by atoms with Gasteiger partial charge in [-0.25, -0.2) is 0 Å². The molecule has 0 atom stereocenters. The fraction of sp³-hybridized carbons (Fsp3) is 0.0909. The van der Waals surface area contributed by atoms with Gasteiger partial charge in [-0.3, -0.25) is 9.78 Å². The van der Waals surface area contributed by atoms with E-state index in [2.05, 4.69) is 10.3 Å². The molecule has 0 spiro atoms. The SMILES string of the molecule is COc1ccc(-c2ncccc2NC(=O)C(=C(Cl)Cl)c2ccc(Cl)cc2)cc1OC. The third kappa shape index (κ3) is 4.87. The number of nitrogens with one attached hydrogen (secondary N) is 1. The van der Waals surface area contributed by atoms with Gasteiger partial charge in [0, 0.05) is 16.8 Å². The van der Waals surface area contributed by atoms with Gasteiger partial charge in [0.1, 0.15) is 4.49 Å². The van der Waals surface area contributed by atoms with Gasteiger partial charge in [-0.1, -0.05) is 46.9 Å². The first-order chi connectivity index (χ1) is 14.4. The molecule has 0 radical (unpaired) electrons. The number of methoxy groups -OCH3 is 2. The number of hydrogen-bond donors (Lipinski definition) is 1. The number of nitrogens with zero attached hydrogens (tertiary/aromatic N) is 1. The Labute approximate surface area is 189 Å². The number of benzene rings is 2. The Morgan fingerprint density at radius 2 is 1.67 bits per heavy atom. The van der Waals surface area contributed by atoms with Gasteiger partial charge in [-0.2, -0.15) is 0 Å². The zero-order valence-corrected chi connectivity index (χ0v) is 18.3. The van der Waals surface area contributed by atoms with E-state index < -0.39 is 5.91 Å². The molecule has 0 fully saturated rings. The Bertz CT molecular complexity index is 1100. The fourth-order valence-electron chi connectivity index (χ4n) is 2.85. The lowest BCUT2D eigenvalue weighted by molar-refractivity contribution is -0.111. The van der Waals surface area contributed by atoms with E-state index in [4.69, 9.17) is 44.3 Å². The second-order valence-corrected chi connectivity index (χ2v) is 7.45. The lowest BCUT2D eigenvalue weighted by Crippen LogP contribution is -2.15. The summed E-state index contributed by atoms with van der Waals surface area (Å²) >= 11 is 18.0. The van der Waals surface area contributed by atoms with Crippen LogP contribution in [0.5, 0.6) is 11.5 Å². The Morgan fingerprint density at radius 3 is 2.30 bits per heavy atom. The molecule has 1 amide bonds. The van der Waals surface area contributed by atoms with Crippen LogP contribution in [-0.4, -0.2) is 25.1 Å². The van der Waals surface area contributed by atoms with Crippen LogP contribution in [0.1, 0.15) is 5.56 Å². The zero-order chi connectivity index (χ0) is 21.7. The summed E-state index contributed by atoms with van der Waals surface area (Å²) in [5.41, 5.74) is 2.42. The molecule has 0 aliphatic rings. The minimum Gasteiger partial charge on any atom is -0.493 e. The number of hydrogen-bond acceptors (Lipinski definition) is 4. The summed E-state index contributed by atoms with van der Waals surface area (Å²) in [7, 11) is 3.11. The molecule has 1 heterocycles. The van der Waals surface area contributed by atoms with E-state index >= 15 is 0 Å². The van der Waals surface area contributed by atoms with Crippen LogP contribution in [-0.2, 0) is 4.79 Å². The normalized spacial score (nSPS) is 10.3. The number of amides is 1. The molecular formula is C22H17Cl3N2O3. The molecule has 0 aliphatic heterocycles. The van der Waals surface area contributed by atoms with E-state index in [0.717, 1.165) is 5.56 Å². The van der Waals surface area contributed by atoms with E-state index in [1.807, 2.05) is 6.07 Å². The number of pyridine rings is 1.